The van der Waals surface area contributed by atoms with E-state index < -0.39 is 0 Å². The number of aryl methyl sites for hydroxylation is 1. The number of nitrogens with zero attached hydrogens (tertiary/aromatic N) is 3. The van der Waals surface area contributed by atoms with E-state index in [1.54, 1.807) is 16.9 Å². The van der Waals surface area contributed by atoms with Crippen molar-refractivity contribution in [3.05, 3.63) is 22.6 Å². The zero-order valence-corrected chi connectivity index (χ0v) is 13.9. The Balaban J connectivity index is 2.59. The van der Waals surface area contributed by atoms with Crippen molar-refractivity contribution in [3.63, 3.8) is 0 Å². The van der Waals surface area contributed by atoms with E-state index >= 15 is 0 Å². The average molecular weight is 294 g/mol. The highest BCUT2D eigenvalue weighted by Crippen LogP contribution is 2.08. The second-order valence-electron chi connectivity index (χ2n) is 5.25. The molecule has 0 spiro atoms. The smallest absolute Gasteiger partial charge is 0.268 e. The van der Waals surface area contributed by atoms with Crippen LogP contribution in [0.3, 0.4) is 0 Å². The summed E-state index contributed by atoms with van der Waals surface area (Å²) in [6, 6.07) is 2.24. The van der Waals surface area contributed by atoms with Gasteiger partial charge < -0.3 is 10.2 Å². The summed E-state index contributed by atoms with van der Waals surface area (Å²) in [5.74, 6) is 0. The van der Waals surface area contributed by atoms with Gasteiger partial charge in [0, 0.05) is 31.7 Å². The molecule has 1 aromatic heterocycles. The summed E-state index contributed by atoms with van der Waals surface area (Å²) >= 11 is 0. The topological polar surface area (TPSA) is 50.2 Å². The van der Waals surface area contributed by atoms with Crippen LogP contribution in [-0.2, 0) is 6.54 Å². The molecule has 21 heavy (non-hydrogen) atoms. The lowest BCUT2D eigenvalue weighted by Crippen LogP contribution is -2.30. The molecule has 0 aliphatic carbocycles. The van der Waals surface area contributed by atoms with Crippen LogP contribution in [0.5, 0.6) is 0 Å². The predicted molar refractivity (Wildman–Crippen MR) is 89.0 cm³/mol. The van der Waals surface area contributed by atoms with Crippen LogP contribution in [-0.4, -0.2) is 35.5 Å². The molecule has 0 amide bonds. The van der Waals surface area contributed by atoms with Crippen LogP contribution in [0.25, 0.3) is 0 Å². The lowest BCUT2D eigenvalue weighted by atomic mass is 10.1. The SMILES string of the molecule is CCNC(CC)CCCn1ncc(N(CC)CC)cc1=O. The van der Waals surface area contributed by atoms with E-state index in [1.807, 2.05) is 0 Å². The lowest BCUT2D eigenvalue weighted by Gasteiger charge is -2.20. The van der Waals surface area contributed by atoms with E-state index in [2.05, 4.69) is 43.0 Å². The molecule has 0 saturated heterocycles. The molecule has 5 heteroatoms. The maximum absolute atomic E-state index is 12.1. The van der Waals surface area contributed by atoms with Gasteiger partial charge in [0.25, 0.3) is 5.56 Å². The highest BCUT2D eigenvalue weighted by Gasteiger charge is 2.07. The minimum Gasteiger partial charge on any atom is -0.371 e. The molecule has 0 fully saturated rings. The number of hydrogen-bond donors (Lipinski definition) is 1. The summed E-state index contributed by atoms with van der Waals surface area (Å²) in [6.45, 7) is 12.0. The first-order chi connectivity index (χ1) is 10.2. The first-order valence-electron chi connectivity index (χ1n) is 8.21. The van der Waals surface area contributed by atoms with Crippen molar-refractivity contribution in [1.82, 2.24) is 15.1 Å². The monoisotopic (exact) mass is 294 g/mol. The number of aromatic nitrogens is 2. The van der Waals surface area contributed by atoms with E-state index in [4.69, 9.17) is 0 Å². The number of nitrogens with one attached hydrogen (secondary N) is 1. The van der Waals surface area contributed by atoms with Crippen LogP contribution in [0.4, 0.5) is 5.69 Å². The molecule has 1 rings (SSSR count). The van der Waals surface area contributed by atoms with Gasteiger partial charge in [-0.2, -0.15) is 5.10 Å². The van der Waals surface area contributed by atoms with Crippen molar-refractivity contribution < 1.29 is 0 Å². The lowest BCUT2D eigenvalue weighted by molar-refractivity contribution is 0.433. The minimum atomic E-state index is -0.00380. The van der Waals surface area contributed by atoms with Crippen LogP contribution >= 0.6 is 0 Å². The van der Waals surface area contributed by atoms with E-state index in [-0.39, 0.29) is 5.56 Å². The van der Waals surface area contributed by atoms with E-state index in [9.17, 15) is 4.79 Å². The highest BCUT2D eigenvalue weighted by molar-refractivity contribution is 5.42. The van der Waals surface area contributed by atoms with Crippen LogP contribution < -0.4 is 15.8 Å². The zero-order chi connectivity index (χ0) is 15.7. The second-order valence-corrected chi connectivity index (χ2v) is 5.25. The molecule has 120 valence electrons. The van der Waals surface area contributed by atoms with Gasteiger partial charge in [-0.1, -0.05) is 13.8 Å². The van der Waals surface area contributed by atoms with Gasteiger partial charge in [-0.15, -0.1) is 0 Å². The van der Waals surface area contributed by atoms with Gasteiger partial charge in [-0.3, -0.25) is 4.79 Å². The summed E-state index contributed by atoms with van der Waals surface area (Å²) in [6.07, 6.45) is 4.98. The zero-order valence-electron chi connectivity index (χ0n) is 13.9. The van der Waals surface area contributed by atoms with Gasteiger partial charge in [-0.25, -0.2) is 4.68 Å². The Bertz CT molecular complexity index is 454. The summed E-state index contributed by atoms with van der Waals surface area (Å²) in [5.41, 5.74) is 0.913. The third kappa shape index (κ3) is 5.50. The van der Waals surface area contributed by atoms with Crippen molar-refractivity contribution >= 4 is 5.69 Å². The number of hydrogen-bond acceptors (Lipinski definition) is 4. The first kappa shape index (κ1) is 17.7. The molecule has 1 heterocycles. The molecule has 5 nitrogen and oxygen atoms in total. The van der Waals surface area contributed by atoms with Crippen molar-refractivity contribution in [3.8, 4) is 0 Å². The van der Waals surface area contributed by atoms with Crippen molar-refractivity contribution in [2.45, 2.75) is 59.5 Å². The molecule has 0 saturated carbocycles. The Labute approximate surface area is 128 Å². The van der Waals surface area contributed by atoms with E-state index in [0.717, 1.165) is 44.6 Å². The normalized spacial score (nSPS) is 12.4. The molecule has 0 aliphatic heterocycles. The van der Waals surface area contributed by atoms with Gasteiger partial charge in [0.2, 0.25) is 0 Å². The van der Waals surface area contributed by atoms with Gasteiger partial charge in [0.15, 0.2) is 0 Å². The summed E-state index contributed by atoms with van der Waals surface area (Å²) in [5, 5.41) is 7.76. The van der Waals surface area contributed by atoms with Gasteiger partial charge >= 0.3 is 0 Å². The Morgan fingerprint density at radius 1 is 1.29 bits per heavy atom. The Hall–Kier alpha value is -1.36. The maximum atomic E-state index is 12.1. The number of anilines is 1. The predicted octanol–water partition coefficient (Wildman–Crippen LogP) is 2.26. The molecule has 1 unspecified atom stereocenters. The summed E-state index contributed by atoms with van der Waals surface area (Å²) in [4.78, 5) is 14.2. The quantitative estimate of drug-likeness (QED) is 0.719. The van der Waals surface area contributed by atoms with Crippen molar-refractivity contribution in [2.24, 2.45) is 0 Å². The van der Waals surface area contributed by atoms with Gasteiger partial charge in [0.1, 0.15) is 0 Å². The standard InChI is InChI=1S/C16H30N4O/c1-5-14(17-6-2)10-9-11-20-16(21)12-15(13-18-20)19(7-3)8-4/h12-14,17H,5-11H2,1-4H3. The minimum absolute atomic E-state index is 0.00380. The Morgan fingerprint density at radius 3 is 2.52 bits per heavy atom. The average Bonchev–Trinajstić information content (AvgIpc) is 2.49. The molecule has 1 aromatic rings. The fourth-order valence-electron chi connectivity index (χ4n) is 2.58. The van der Waals surface area contributed by atoms with Crippen LogP contribution in [0.1, 0.15) is 47.0 Å². The molecule has 1 atom stereocenters. The second kappa shape index (κ2) is 9.55. The molecule has 0 radical (unpaired) electrons. The number of rotatable bonds is 10. The fourth-order valence-corrected chi connectivity index (χ4v) is 2.58. The van der Waals surface area contributed by atoms with Gasteiger partial charge in [-0.05, 0) is 39.7 Å². The molecule has 1 N–H and O–H groups in total. The Morgan fingerprint density at radius 2 is 2.00 bits per heavy atom. The van der Waals surface area contributed by atoms with Crippen LogP contribution in [0.2, 0.25) is 0 Å². The third-order valence-corrected chi connectivity index (χ3v) is 3.89. The van der Waals surface area contributed by atoms with Crippen molar-refractivity contribution in [2.75, 3.05) is 24.5 Å². The maximum Gasteiger partial charge on any atom is 0.268 e. The van der Waals surface area contributed by atoms with E-state index in [0.29, 0.717) is 12.6 Å². The first-order valence-corrected chi connectivity index (χ1v) is 8.21. The van der Waals surface area contributed by atoms with E-state index in [1.165, 1.54) is 0 Å². The fraction of sp³-hybridized carbons (Fsp3) is 0.750. The summed E-state index contributed by atoms with van der Waals surface area (Å²) in [7, 11) is 0. The van der Waals surface area contributed by atoms with Crippen molar-refractivity contribution in [1.29, 1.82) is 0 Å². The Kier molecular flexibility index (Phi) is 8.05. The van der Waals surface area contributed by atoms with Crippen LogP contribution in [0, 0.1) is 0 Å². The molecule has 0 aliphatic rings. The largest absolute Gasteiger partial charge is 0.371 e. The molecule has 0 bridgehead atoms. The summed E-state index contributed by atoms with van der Waals surface area (Å²) < 4.78 is 1.58. The highest BCUT2D eigenvalue weighted by atomic mass is 16.1. The van der Waals surface area contributed by atoms with Gasteiger partial charge in [0.05, 0.1) is 11.9 Å². The third-order valence-electron chi connectivity index (χ3n) is 3.89. The molecule has 0 aromatic carbocycles. The molecular weight excluding hydrogens is 264 g/mol. The van der Waals surface area contributed by atoms with Crippen LogP contribution in [0.15, 0.2) is 17.1 Å². The molecular formula is C16H30N4O.